The number of carbonyl (C=O) groups excluding carboxylic acids is 1. The van der Waals surface area contributed by atoms with Crippen LogP contribution < -0.4 is 5.32 Å². The standard InChI is InChI=1S/C11H10FNO3/c1-2-3-10(14)13-7-4-5-9(12)8(6-7)11(15)16/h2,4-6H,1,3H2,(H,13,14)(H,15,16). The molecule has 0 saturated carbocycles. The number of aromatic carboxylic acids is 1. The zero-order valence-corrected chi connectivity index (χ0v) is 8.37. The predicted molar refractivity (Wildman–Crippen MR) is 56.8 cm³/mol. The van der Waals surface area contributed by atoms with E-state index >= 15 is 0 Å². The molecular weight excluding hydrogens is 213 g/mol. The average Bonchev–Trinajstić information content (AvgIpc) is 2.21. The highest BCUT2D eigenvalue weighted by atomic mass is 19.1. The normalized spacial score (nSPS) is 9.56. The van der Waals surface area contributed by atoms with E-state index in [0.29, 0.717) is 0 Å². The fourth-order valence-electron chi connectivity index (χ4n) is 1.11. The summed E-state index contributed by atoms with van der Waals surface area (Å²) in [5.41, 5.74) is -0.234. The van der Waals surface area contributed by atoms with Crippen molar-refractivity contribution in [2.75, 3.05) is 5.32 Å². The summed E-state index contributed by atoms with van der Waals surface area (Å²) in [6, 6.07) is 3.36. The smallest absolute Gasteiger partial charge is 0.338 e. The zero-order chi connectivity index (χ0) is 12.1. The second-order valence-electron chi connectivity index (χ2n) is 3.04. The number of halogens is 1. The van der Waals surface area contributed by atoms with Crippen LogP contribution in [0.2, 0.25) is 0 Å². The van der Waals surface area contributed by atoms with E-state index < -0.39 is 17.3 Å². The number of benzene rings is 1. The number of anilines is 1. The topological polar surface area (TPSA) is 66.4 Å². The molecule has 0 heterocycles. The van der Waals surface area contributed by atoms with Crippen LogP contribution in [0.25, 0.3) is 0 Å². The van der Waals surface area contributed by atoms with Gasteiger partial charge in [0.2, 0.25) is 5.91 Å². The monoisotopic (exact) mass is 223 g/mol. The molecule has 0 spiro atoms. The van der Waals surface area contributed by atoms with Crippen molar-refractivity contribution in [3.8, 4) is 0 Å². The minimum Gasteiger partial charge on any atom is -0.478 e. The van der Waals surface area contributed by atoms with Gasteiger partial charge in [-0.25, -0.2) is 9.18 Å². The largest absolute Gasteiger partial charge is 0.478 e. The van der Waals surface area contributed by atoms with Crippen LogP contribution in [0.3, 0.4) is 0 Å². The van der Waals surface area contributed by atoms with Crippen molar-refractivity contribution >= 4 is 17.6 Å². The molecule has 4 nitrogen and oxygen atoms in total. The molecule has 0 aliphatic heterocycles. The fourth-order valence-corrected chi connectivity index (χ4v) is 1.11. The lowest BCUT2D eigenvalue weighted by atomic mass is 10.2. The maximum absolute atomic E-state index is 13.0. The van der Waals surface area contributed by atoms with Gasteiger partial charge >= 0.3 is 5.97 Å². The Labute approximate surface area is 91.4 Å². The Bertz CT molecular complexity index is 443. The molecule has 1 aromatic carbocycles. The third-order valence-electron chi connectivity index (χ3n) is 1.81. The Kier molecular flexibility index (Phi) is 3.77. The average molecular weight is 223 g/mol. The van der Waals surface area contributed by atoms with Gasteiger partial charge in [-0.1, -0.05) is 6.08 Å². The number of carboxylic acids is 1. The van der Waals surface area contributed by atoms with Crippen LogP contribution in [-0.4, -0.2) is 17.0 Å². The molecule has 0 unspecified atom stereocenters. The summed E-state index contributed by atoms with van der Waals surface area (Å²) >= 11 is 0. The van der Waals surface area contributed by atoms with E-state index in [0.717, 1.165) is 12.1 Å². The van der Waals surface area contributed by atoms with Crippen molar-refractivity contribution in [3.63, 3.8) is 0 Å². The summed E-state index contributed by atoms with van der Waals surface area (Å²) < 4.78 is 13.0. The molecule has 0 fully saturated rings. The van der Waals surface area contributed by atoms with E-state index in [1.807, 2.05) is 0 Å². The van der Waals surface area contributed by atoms with Crippen LogP contribution >= 0.6 is 0 Å². The zero-order valence-electron chi connectivity index (χ0n) is 8.37. The van der Waals surface area contributed by atoms with E-state index in [4.69, 9.17) is 5.11 Å². The molecule has 0 aliphatic rings. The summed E-state index contributed by atoms with van der Waals surface area (Å²) in [6.07, 6.45) is 1.52. The van der Waals surface area contributed by atoms with Gasteiger partial charge in [-0.3, -0.25) is 4.79 Å². The third-order valence-corrected chi connectivity index (χ3v) is 1.81. The van der Waals surface area contributed by atoms with Gasteiger partial charge in [0.25, 0.3) is 0 Å². The summed E-state index contributed by atoms with van der Waals surface area (Å²) in [7, 11) is 0. The van der Waals surface area contributed by atoms with Gasteiger partial charge in [0.05, 0.1) is 5.56 Å². The second-order valence-corrected chi connectivity index (χ2v) is 3.04. The minimum atomic E-state index is -1.38. The Morgan fingerprint density at radius 1 is 1.50 bits per heavy atom. The van der Waals surface area contributed by atoms with Crippen molar-refractivity contribution in [1.82, 2.24) is 0 Å². The lowest BCUT2D eigenvalue weighted by Crippen LogP contribution is -2.11. The molecule has 1 amide bonds. The van der Waals surface area contributed by atoms with E-state index in [1.165, 1.54) is 12.1 Å². The maximum atomic E-state index is 13.0. The lowest BCUT2D eigenvalue weighted by Gasteiger charge is -2.05. The van der Waals surface area contributed by atoms with E-state index in [1.54, 1.807) is 0 Å². The van der Waals surface area contributed by atoms with E-state index in [9.17, 15) is 14.0 Å². The highest BCUT2D eigenvalue weighted by Crippen LogP contribution is 2.15. The van der Waals surface area contributed by atoms with Crippen molar-refractivity contribution < 1.29 is 19.1 Å². The molecule has 0 aromatic heterocycles. The highest BCUT2D eigenvalue weighted by Gasteiger charge is 2.11. The number of rotatable bonds is 4. The van der Waals surface area contributed by atoms with Gasteiger partial charge in [0.15, 0.2) is 0 Å². The molecule has 1 rings (SSSR count). The molecule has 5 heteroatoms. The van der Waals surface area contributed by atoms with Gasteiger partial charge in [0.1, 0.15) is 5.82 Å². The van der Waals surface area contributed by atoms with Gasteiger partial charge in [-0.15, -0.1) is 6.58 Å². The first-order chi connectivity index (χ1) is 7.54. The Balaban J connectivity index is 2.90. The summed E-state index contributed by atoms with van der Waals surface area (Å²) in [4.78, 5) is 21.8. The molecular formula is C11H10FNO3. The molecule has 84 valence electrons. The first-order valence-electron chi connectivity index (χ1n) is 4.48. The molecule has 0 radical (unpaired) electrons. The lowest BCUT2D eigenvalue weighted by molar-refractivity contribution is -0.115. The van der Waals surface area contributed by atoms with Crippen LogP contribution in [0, 0.1) is 5.82 Å². The van der Waals surface area contributed by atoms with Crippen LogP contribution in [0.4, 0.5) is 10.1 Å². The summed E-state index contributed by atoms with van der Waals surface area (Å²) in [6.45, 7) is 3.39. The fraction of sp³-hybridized carbons (Fsp3) is 0.0909. The molecule has 2 N–H and O–H groups in total. The molecule has 0 bridgehead atoms. The molecule has 0 atom stereocenters. The van der Waals surface area contributed by atoms with Gasteiger partial charge < -0.3 is 10.4 Å². The Morgan fingerprint density at radius 3 is 2.75 bits per heavy atom. The summed E-state index contributed by atoms with van der Waals surface area (Å²) in [5, 5.41) is 11.1. The molecule has 0 aliphatic carbocycles. The van der Waals surface area contributed by atoms with Crippen molar-refractivity contribution in [2.45, 2.75) is 6.42 Å². The Morgan fingerprint density at radius 2 is 2.19 bits per heavy atom. The van der Waals surface area contributed by atoms with Gasteiger partial charge in [-0.05, 0) is 18.2 Å². The van der Waals surface area contributed by atoms with Crippen molar-refractivity contribution in [1.29, 1.82) is 0 Å². The summed E-state index contributed by atoms with van der Waals surface area (Å²) in [5.74, 6) is -2.55. The van der Waals surface area contributed by atoms with Crippen LogP contribution in [-0.2, 0) is 4.79 Å². The Hall–Kier alpha value is -2.17. The molecule has 1 aromatic rings. The van der Waals surface area contributed by atoms with E-state index in [-0.39, 0.29) is 18.0 Å². The SMILES string of the molecule is C=CCC(=O)Nc1ccc(F)c(C(=O)O)c1. The predicted octanol–water partition coefficient (Wildman–Crippen LogP) is 2.04. The number of carbonyl (C=O) groups is 2. The van der Waals surface area contributed by atoms with Gasteiger partial charge in [-0.2, -0.15) is 0 Å². The number of nitrogens with one attached hydrogen (secondary N) is 1. The highest BCUT2D eigenvalue weighted by molar-refractivity contribution is 5.94. The van der Waals surface area contributed by atoms with Gasteiger partial charge in [0, 0.05) is 12.1 Å². The molecule has 0 saturated heterocycles. The number of carboxylic acid groups (broad SMARTS) is 1. The molecule has 16 heavy (non-hydrogen) atoms. The van der Waals surface area contributed by atoms with Crippen LogP contribution in [0.5, 0.6) is 0 Å². The minimum absolute atomic E-state index is 0.111. The quantitative estimate of drug-likeness (QED) is 0.767. The van der Waals surface area contributed by atoms with Crippen molar-refractivity contribution in [2.24, 2.45) is 0 Å². The van der Waals surface area contributed by atoms with Crippen LogP contribution in [0.15, 0.2) is 30.9 Å². The first kappa shape index (κ1) is 11.9. The van der Waals surface area contributed by atoms with E-state index in [2.05, 4.69) is 11.9 Å². The number of hydrogen-bond donors (Lipinski definition) is 2. The second kappa shape index (κ2) is 5.06. The van der Waals surface area contributed by atoms with Crippen LogP contribution in [0.1, 0.15) is 16.8 Å². The number of amides is 1. The first-order valence-corrected chi connectivity index (χ1v) is 4.48. The maximum Gasteiger partial charge on any atom is 0.338 e. The third kappa shape index (κ3) is 2.91. The number of hydrogen-bond acceptors (Lipinski definition) is 2. The van der Waals surface area contributed by atoms with Crippen molar-refractivity contribution in [3.05, 3.63) is 42.2 Å².